The molecule has 0 heterocycles. The fourth-order valence-electron chi connectivity index (χ4n) is 5.45. The van der Waals surface area contributed by atoms with E-state index < -0.39 is 23.0 Å². The number of hydrogen-bond acceptors (Lipinski definition) is 6. The number of ketones is 1. The molecule has 7 heteroatoms. The lowest BCUT2D eigenvalue weighted by Crippen LogP contribution is -2.49. The topological polar surface area (TPSA) is 90.9 Å². The van der Waals surface area contributed by atoms with E-state index in [0.29, 0.717) is 32.3 Å². The highest BCUT2D eigenvalue weighted by atomic mass is 16.6. The van der Waals surface area contributed by atoms with Crippen LogP contribution in [0.1, 0.15) is 115 Å². The van der Waals surface area contributed by atoms with E-state index in [4.69, 9.17) is 14.2 Å². The first-order valence-corrected chi connectivity index (χ1v) is 16.2. The summed E-state index contributed by atoms with van der Waals surface area (Å²) in [6.45, 7) is 19.6. The second kappa shape index (κ2) is 15.1. The van der Waals surface area contributed by atoms with Gasteiger partial charge < -0.3 is 19.5 Å². The first kappa shape index (κ1) is 35.9. The molecule has 0 spiro atoms. The van der Waals surface area contributed by atoms with Crippen LogP contribution in [0, 0.1) is 5.41 Å². The highest BCUT2D eigenvalue weighted by Gasteiger charge is 2.33. The Kier molecular flexibility index (Phi) is 12.0. The third-order valence-corrected chi connectivity index (χ3v) is 7.72. The zero-order valence-electron chi connectivity index (χ0n) is 28.6. The number of esters is 1. The average Bonchev–Trinajstić information content (AvgIpc) is 2.93. The molecule has 1 atom stereocenters. The van der Waals surface area contributed by atoms with Crippen molar-refractivity contribution in [3.05, 3.63) is 71.3 Å². The largest absolute Gasteiger partial charge is 0.493 e. The normalized spacial score (nSPS) is 14.3. The van der Waals surface area contributed by atoms with Gasteiger partial charge in [0.15, 0.2) is 5.78 Å². The summed E-state index contributed by atoms with van der Waals surface area (Å²) in [7, 11) is 0. The molecule has 0 aliphatic heterocycles. The molecule has 1 amide bonds. The minimum Gasteiger partial charge on any atom is -0.493 e. The second-order valence-electron chi connectivity index (χ2n) is 14.6. The molecule has 2 aromatic carbocycles. The van der Waals surface area contributed by atoms with Crippen LogP contribution in [0.4, 0.5) is 0 Å². The highest BCUT2D eigenvalue weighted by molar-refractivity contribution is 5.99. The minimum atomic E-state index is -0.826. The summed E-state index contributed by atoms with van der Waals surface area (Å²) in [6, 6.07) is 10.6. The van der Waals surface area contributed by atoms with Crippen LogP contribution in [0.15, 0.2) is 49.1 Å². The van der Waals surface area contributed by atoms with Crippen molar-refractivity contribution in [2.45, 2.75) is 124 Å². The number of unbranched alkanes of at least 4 members (excludes halogenated alkanes) is 1. The summed E-state index contributed by atoms with van der Waals surface area (Å²) in [6.07, 6.45) is 7.32. The second-order valence-corrected chi connectivity index (χ2v) is 14.6. The van der Waals surface area contributed by atoms with Crippen LogP contribution in [-0.2, 0) is 33.6 Å². The van der Waals surface area contributed by atoms with Gasteiger partial charge in [-0.15, -0.1) is 6.58 Å². The molecule has 7 nitrogen and oxygen atoms in total. The maximum atomic E-state index is 13.5. The van der Waals surface area contributed by atoms with Gasteiger partial charge in [-0.05, 0) is 115 Å². The number of ether oxygens (including phenoxy) is 3. The van der Waals surface area contributed by atoms with E-state index in [1.165, 1.54) is 0 Å². The predicted octanol–water partition coefficient (Wildman–Crippen LogP) is 7.76. The molecule has 246 valence electrons. The summed E-state index contributed by atoms with van der Waals surface area (Å²) >= 11 is 0. The van der Waals surface area contributed by atoms with Crippen molar-refractivity contribution in [3.8, 4) is 11.5 Å². The van der Waals surface area contributed by atoms with Gasteiger partial charge in [0.1, 0.15) is 28.7 Å². The average molecular weight is 620 g/mol. The van der Waals surface area contributed by atoms with Gasteiger partial charge >= 0.3 is 5.97 Å². The van der Waals surface area contributed by atoms with E-state index in [1.54, 1.807) is 0 Å². The van der Waals surface area contributed by atoms with Crippen LogP contribution in [0.3, 0.4) is 0 Å². The van der Waals surface area contributed by atoms with E-state index in [2.05, 4.69) is 11.9 Å². The number of amides is 1. The molecule has 3 rings (SSSR count). The van der Waals surface area contributed by atoms with E-state index in [9.17, 15) is 14.4 Å². The Morgan fingerprint density at radius 1 is 0.933 bits per heavy atom. The Hall–Kier alpha value is -3.61. The zero-order valence-corrected chi connectivity index (χ0v) is 28.6. The Balaban J connectivity index is 1.59. The quantitative estimate of drug-likeness (QED) is 0.132. The number of allylic oxidation sites excluding steroid dienone is 1. The molecule has 1 aliphatic carbocycles. The number of hydrogen-bond donors (Lipinski definition) is 1. The molecular weight excluding hydrogens is 566 g/mol. The lowest BCUT2D eigenvalue weighted by atomic mass is 9.85. The van der Waals surface area contributed by atoms with Crippen molar-refractivity contribution in [1.29, 1.82) is 0 Å². The predicted molar refractivity (Wildman–Crippen MR) is 179 cm³/mol. The number of benzene rings is 2. The molecule has 0 radical (unpaired) electrons. The Labute approximate surface area is 270 Å². The molecule has 1 aliphatic rings. The van der Waals surface area contributed by atoms with E-state index in [0.717, 1.165) is 59.4 Å². The van der Waals surface area contributed by atoms with Gasteiger partial charge in [0, 0.05) is 29.4 Å². The summed E-state index contributed by atoms with van der Waals surface area (Å²) in [5.74, 6) is 1.09. The van der Waals surface area contributed by atoms with E-state index in [-0.39, 0.29) is 17.3 Å². The van der Waals surface area contributed by atoms with Gasteiger partial charge in [0.2, 0.25) is 5.91 Å². The number of rotatable bonds is 14. The van der Waals surface area contributed by atoms with Gasteiger partial charge in [0.25, 0.3) is 0 Å². The third kappa shape index (κ3) is 11.1. The van der Waals surface area contributed by atoms with Crippen molar-refractivity contribution in [2.24, 2.45) is 5.41 Å². The molecule has 0 saturated heterocycles. The van der Waals surface area contributed by atoms with Crippen LogP contribution in [-0.4, -0.2) is 41.5 Å². The SMILES string of the molecule is C=CCc1c(OCCCCC(C)(C)C(=O)N[C@@H](Cc2ccc(OC(C)(C)C)cc2)C(=O)OC(C)(C)C)ccc2c1CCCC2=O. The standard InChI is InChI=1S/C38H53NO6/c1-10-14-30-28-15-13-16-32(40)29(28)21-22-33(30)43-24-12-11-23-38(8,9)35(42)39-31(34(41)45-37(5,6)7)25-26-17-19-27(20-18-26)44-36(2,3)4/h10,17-22,31H,1,11-16,23-25H2,2-9H3,(H,39,42)/t31-/m0/s1. The molecule has 0 saturated carbocycles. The zero-order chi connectivity index (χ0) is 33.4. The smallest absolute Gasteiger partial charge is 0.329 e. The maximum Gasteiger partial charge on any atom is 0.329 e. The van der Waals surface area contributed by atoms with Crippen molar-refractivity contribution in [1.82, 2.24) is 5.32 Å². The molecule has 1 N–H and O–H groups in total. The fraction of sp³-hybridized carbons (Fsp3) is 0.553. The van der Waals surface area contributed by atoms with Gasteiger partial charge in [-0.2, -0.15) is 0 Å². The molecular formula is C38H53NO6. The van der Waals surface area contributed by atoms with Crippen molar-refractivity contribution in [3.63, 3.8) is 0 Å². The summed E-state index contributed by atoms with van der Waals surface area (Å²) < 4.78 is 17.8. The first-order chi connectivity index (χ1) is 21.0. The van der Waals surface area contributed by atoms with Gasteiger partial charge in [-0.3, -0.25) is 9.59 Å². The molecule has 0 fully saturated rings. The number of fused-ring (bicyclic) bond motifs is 1. The molecule has 0 aromatic heterocycles. The third-order valence-electron chi connectivity index (χ3n) is 7.72. The van der Waals surface area contributed by atoms with Crippen LogP contribution in [0.25, 0.3) is 0 Å². The summed E-state index contributed by atoms with van der Waals surface area (Å²) in [5.41, 5.74) is 2.15. The number of carbonyl (C=O) groups excluding carboxylic acids is 3. The Bertz CT molecular complexity index is 1340. The first-order valence-electron chi connectivity index (χ1n) is 16.2. The van der Waals surface area contributed by atoms with Crippen LogP contribution < -0.4 is 14.8 Å². The number of nitrogens with one attached hydrogen (secondary N) is 1. The number of Topliss-reactive ketones (excluding diaryl/α,β-unsaturated/α-hetero) is 1. The number of carbonyl (C=O) groups is 3. The van der Waals surface area contributed by atoms with Crippen molar-refractivity contribution in [2.75, 3.05) is 6.61 Å². The Morgan fingerprint density at radius 3 is 2.24 bits per heavy atom. The van der Waals surface area contributed by atoms with Gasteiger partial charge in [-0.1, -0.05) is 32.1 Å². The molecule has 0 unspecified atom stereocenters. The maximum absolute atomic E-state index is 13.5. The monoisotopic (exact) mass is 619 g/mol. The van der Waals surface area contributed by atoms with Crippen molar-refractivity contribution >= 4 is 17.7 Å². The molecule has 45 heavy (non-hydrogen) atoms. The van der Waals surface area contributed by atoms with E-state index >= 15 is 0 Å². The molecule has 2 aromatic rings. The molecule has 0 bridgehead atoms. The van der Waals surface area contributed by atoms with Gasteiger partial charge in [0.05, 0.1) is 6.61 Å². The van der Waals surface area contributed by atoms with Crippen molar-refractivity contribution < 1.29 is 28.6 Å². The van der Waals surface area contributed by atoms with E-state index in [1.807, 2.05) is 97.9 Å². The fourth-order valence-corrected chi connectivity index (χ4v) is 5.45. The van der Waals surface area contributed by atoms with Gasteiger partial charge in [-0.25, -0.2) is 4.79 Å². The lowest BCUT2D eigenvalue weighted by Gasteiger charge is -2.29. The van der Waals surface area contributed by atoms with Crippen LogP contribution in [0.2, 0.25) is 0 Å². The Morgan fingerprint density at radius 2 is 1.62 bits per heavy atom. The summed E-state index contributed by atoms with van der Waals surface area (Å²) in [5, 5.41) is 2.99. The van der Waals surface area contributed by atoms with Crippen LogP contribution in [0.5, 0.6) is 11.5 Å². The van der Waals surface area contributed by atoms with Crippen LogP contribution >= 0.6 is 0 Å². The minimum absolute atomic E-state index is 0.195. The highest BCUT2D eigenvalue weighted by Crippen LogP contribution is 2.32. The summed E-state index contributed by atoms with van der Waals surface area (Å²) in [4.78, 5) is 39.1. The lowest BCUT2D eigenvalue weighted by molar-refractivity contribution is -0.159.